The van der Waals surface area contributed by atoms with Gasteiger partial charge in [0.15, 0.2) is 5.96 Å². The fourth-order valence-corrected chi connectivity index (χ4v) is 3.08. The lowest BCUT2D eigenvalue weighted by Gasteiger charge is -2.34. The van der Waals surface area contributed by atoms with Crippen molar-refractivity contribution in [1.29, 1.82) is 0 Å². The molecule has 0 aliphatic carbocycles. The predicted molar refractivity (Wildman–Crippen MR) is 114 cm³/mol. The molecule has 0 aromatic carbocycles. The van der Waals surface area contributed by atoms with Gasteiger partial charge in [0.2, 0.25) is 11.8 Å². The van der Waals surface area contributed by atoms with Crippen LogP contribution in [0, 0.1) is 5.92 Å². The van der Waals surface area contributed by atoms with Crippen molar-refractivity contribution in [1.82, 2.24) is 15.2 Å². The second-order valence-corrected chi connectivity index (χ2v) is 6.41. The summed E-state index contributed by atoms with van der Waals surface area (Å²) >= 11 is 6.01. The molecule has 1 aromatic heterocycles. The number of guanidine groups is 1. The predicted octanol–water partition coefficient (Wildman–Crippen LogP) is 2.28. The van der Waals surface area contributed by atoms with Gasteiger partial charge in [0.25, 0.3) is 0 Å². The number of nitrogens with one attached hydrogen (secondary N) is 1. The number of pyridine rings is 1. The number of carbonyl (C=O) groups is 1. The van der Waals surface area contributed by atoms with Gasteiger partial charge in [-0.25, -0.2) is 9.98 Å². The Balaban J connectivity index is 0.00000338. The highest BCUT2D eigenvalue weighted by Crippen LogP contribution is 2.20. The summed E-state index contributed by atoms with van der Waals surface area (Å²) in [4.78, 5) is 22.1. The summed E-state index contributed by atoms with van der Waals surface area (Å²) in [7, 11) is 0. The highest BCUT2D eigenvalue weighted by Gasteiger charge is 2.23. The third kappa shape index (κ3) is 7.53. The molecule has 1 amide bonds. The van der Waals surface area contributed by atoms with Crippen LogP contribution in [0.4, 0.5) is 0 Å². The minimum absolute atomic E-state index is 0. The van der Waals surface area contributed by atoms with Crippen LogP contribution in [0.25, 0.3) is 0 Å². The zero-order valence-electron chi connectivity index (χ0n) is 15.0. The molecular weight excluding hydrogens is 469 g/mol. The number of halogens is 2. The molecule has 0 saturated carbocycles. The average molecular weight is 496 g/mol. The molecule has 1 aromatic rings. The maximum atomic E-state index is 11.2. The largest absolute Gasteiger partial charge is 0.475 e. The monoisotopic (exact) mass is 495 g/mol. The van der Waals surface area contributed by atoms with E-state index in [1.807, 2.05) is 6.92 Å². The zero-order valence-corrected chi connectivity index (χ0v) is 18.1. The first kappa shape index (κ1) is 22.8. The molecule has 7 nitrogen and oxygen atoms in total. The molecule has 1 aliphatic heterocycles. The fraction of sp³-hybridized carbons (Fsp3) is 0.588. The van der Waals surface area contributed by atoms with Crippen LogP contribution >= 0.6 is 35.6 Å². The average Bonchev–Trinajstić information content (AvgIpc) is 2.59. The van der Waals surface area contributed by atoms with Crippen molar-refractivity contribution in [3.63, 3.8) is 0 Å². The lowest BCUT2D eigenvalue weighted by molar-refractivity contribution is -0.119. The zero-order chi connectivity index (χ0) is 18.1. The summed E-state index contributed by atoms with van der Waals surface area (Å²) in [6.07, 6.45) is 4.13. The Hall–Kier alpha value is -1.29. The third-order valence-corrected chi connectivity index (χ3v) is 4.25. The van der Waals surface area contributed by atoms with Crippen molar-refractivity contribution in [3.8, 4) is 5.88 Å². The number of aliphatic imine (C=N–C) groups is 1. The Kier molecular flexibility index (Phi) is 10.6. The first-order valence-corrected chi connectivity index (χ1v) is 9.02. The van der Waals surface area contributed by atoms with Gasteiger partial charge >= 0.3 is 0 Å². The fourth-order valence-electron chi connectivity index (χ4n) is 2.91. The van der Waals surface area contributed by atoms with E-state index >= 15 is 0 Å². The quantitative estimate of drug-likeness (QED) is 0.262. The van der Waals surface area contributed by atoms with Crippen LogP contribution in [-0.2, 0) is 4.79 Å². The smallest absolute Gasteiger partial charge is 0.232 e. The van der Waals surface area contributed by atoms with E-state index in [0.717, 1.165) is 38.4 Å². The minimum atomic E-state index is -0.241. The summed E-state index contributed by atoms with van der Waals surface area (Å²) in [5.74, 6) is 1.31. The Morgan fingerprint density at radius 3 is 3.08 bits per heavy atom. The van der Waals surface area contributed by atoms with E-state index in [4.69, 9.17) is 22.1 Å². The number of piperidine rings is 1. The third-order valence-electron chi connectivity index (χ3n) is 3.96. The number of hydrogen-bond donors (Lipinski definition) is 2. The van der Waals surface area contributed by atoms with E-state index in [1.54, 1.807) is 18.3 Å². The normalized spacial score (nSPS) is 17.4. The van der Waals surface area contributed by atoms with E-state index in [2.05, 4.69) is 20.2 Å². The molecule has 1 saturated heterocycles. The van der Waals surface area contributed by atoms with Crippen molar-refractivity contribution < 1.29 is 9.53 Å². The first-order valence-electron chi connectivity index (χ1n) is 8.65. The van der Waals surface area contributed by atoms with Crippen LogP contribution in [0.5, 0.6) is 5.88 Å². The molecule has 1 unspecified atom stereocenters. The van der Waals surface area contributed by atoms with Crippen LogP contribution in [0.15, 0.2) is 23.3 Å². The van der Waals surface area contributed by atoms with Gasteiger partial charge in [-0.3, -0.25) is 4.79 Å². The summed E-state index contributed by atoms with van der Waals surface area (Å²) in [6.45, 7) is 5.42. The number of primary amides is 1. The van der Waals surface area contributed by atoms with E-state index in [-0.39, 0.29) is 29.9 Å². The highest BCUT2D eigenvalue weighted by molar-refractivity contribution is 14.0. The number of ether oxygens (including phenoxy) is 1. The summed E-state index contributed by atoms with van der Waals surface area (Å²) < 4.78 is 5.57. The lowest BCUT2D eigenvalue weighted by atomic mass is 9.95. The van der Waals surface area contributed by atoms with E-state index in [0.29, 0.717) is 36.4 Å². The van der Waals surface area contributed by atoms with Crippen molar-refractivity contribution >= 4 is 47.4 Å². The molecule has 0 radical (unpaired) electrons. The SMILES string of the molecule is CCNC(=NCCOc1ncccc1Cl)N1CCCC(CC(N)=O)C1.I. The number of rotatable bonds is 7. The van der Waals surface area contributed by atoms with Crippen LogP contribution < -0.4 is 15.8 Å². The van der Waals surface area contributed by atoms with Gasteiger partial charge in [-0.05, 0) is 37.8 Å². The molecule has 2 heterocycles. The molecule has 3 N–H and O–H groups in total. The van der Waals surface area contributed by atoms with Gasteiger partial charge in [0.05, 0.1) is 6.54 Å². The summed E-state index contributed by atoms with van der Waals surface area (Å²) in [6, 6.07) is 3.50. The van der Waals surface area contributed by atoms with Crippen molar-refractivity contribution in [2.45, 2.75) is 26.2 Å². The molecule has 0 bridgehead atoms. The van der Waals surface area contributed by atoms with E-state index in [1.165, 1.54) is 0 Å². The number of nitrogens with two attached hydrogens (primary N) is 1. The van der Waals surface area contributed by atoms with Gasteiger partial charge in [-0.1, -0.05) is 11.6 Å². The van der Waals surface area contributed by atoms with Gasteiger partial charge in [-0.2, -0.15) is 0 Å². The molecule has 1 fully saturated rings. The lowest BCUT2D eigenvalue weighted by Crippen LogP contribution is -2.47. The molecule has 0 spiro atoms. The van der Waals surface area contributed by atoms with Gasteiger partial charge in [0, 0.05) is 32.3 Å². The highest BCUT2D eigenvalue weighted by atomic mass is 127. The molecule has 9 heteroatoms. The van der Waals surface area contributed by atoms with E-state index in [9.17, 15) is 4.79 Å². The standard InChI is InChI=1S/C17H26ClN5O2.HI/c1-2-20-17(23-9-4-5-13(12-23)11-15(19)24)22-8-10-25-16-14(18)6-3-7-21-16;/h3,6-7,13H,2,4-5,8-12H2,1H3,(H2,19,24)(H,20,22);1H. The van der Waals surface area contributed by atoms with Gasteiger partial charge in [0.1, 0.15) is 11.6 Å². The second kappa shape index (κ2) is 12.2. The number of aromatic nitrogens is 1. The van der Waals surface area contributed by atoms with Gasteiger partial charge in [-0.15, -0.1) is 24.0 Å². The molecule has 1 aliphatic rings. The topological polar surface area (TPSA) is 92.8 Å². The number of hydrogen-bond acceptors (Lipinski definition) is 4. The van der Waals surface area contributed by atoms with Crippen LogP contribution in [-0.4, -0.2) is 54.5 Å². The Bertz CT molecular complexity index is 602. The summed E-state index contributed by atoms with van der Waals surface area (Å²) in [5, 5.41) is 3.79. The van der Waals surface area contributed by atoms with Crippen molar-refractivity contribution in [3.05, 3.63) is 23.4 Å². The number of likely N-dealkylation sites (tertiary alicyclic amines) is 1. The molecule has 2 rings (SSSR count). The Labute approximate surface area is 176 Å². The molecular formula is C17H27ClIN5O2. The molecule has 1 atom stereocenters. The second-order valence-electron chi connectivity index (χ2n) is 6.00. The van der Waals surface area contributed by atoms with Crippen LogP contribution in [0.3, 0.4) is 0 Å². The molecule has 146 valence electrons. The van der Waals surface area contributed by atoms with Gasteiger partial charge < -0.3 is 20.7 Å². The maximum Gasteiger partial charge on any atom is 0.232 e. The minimum Gasteiger partial charge on any atom is -0.475 e. The first-order chi connectivity index (χ1) is 12.1. The van der Waals surface area contributed by atoms with Crippen molar-refractivity contribution in [2.75, 3.05) is 32.8 Å². The van der Waals surface area contributed by atoms with Crippen molar-refractivity contribution in [2.24, 2.45) is 16.6 Å². The number of carbonyl (C=O) groups excluding carboxylic acids is 1. The maximum absolute atomic E-state index is 11.2. The number of nitrogens with zero attached hydrogens (tertiary/aromatic N) is 3. The summed E-state index contributed by atoms with van der Waals surface area (Å²) in [5.41, 5.74) is 5.33. The molecule has 26 heavy (non-hydrogen) atoms. The Morgan fingerprint density at radius 2 is 2.38 bits per heavy atom. The number of amides is 1. The Morgan fingerprint density at radius 1 is 1.58 bits per heavy atom. The van der Waals surface area contributed by atoms with Crippen LogP contribution in [0.1, 0.15) is 26.2 Å². The van der Waals surface area contributed by atoms with Crippen LogP contribution in [0.2, 0.25) is 5.02 Å². The van der Waals surface area contributed by atoms with E-state index < -0.39 is 0 Å².